The van der Waals surface area contributed by atoms with Crippen LogP contribution in [0.5, 0.6) is 0 Å². The van der Waals surface area contributed by atoms with Crippen molar-refractivity contribution in [1.29, 1.82) is 0 Å². The normalized spacial score (nSPS) is 36.3. The molecule has 0 amide bonds. The second kappa shape index (κ2) is 28.6. The molecule has 82 heavy (non-hydrogen) atoms. The van der Waals surface area contributed by atoms with E-state index in [1.165, 1.54) is 13.1 Å². The molecule has 2 aromatic rings. The second-order valence-corrected chi connectivity index (χ2v) is 24.3. The van der Waals surface area contributed by atoms with Gasteiger partial charge in [-0.15, -0.1) is 0 Å². The third-order valence-corrected chi connectivity index (χ3v) is 17.3. The molecule has 18 atom stereocenters. The standard InChI is InChI=1S/C61H95N3O18/c1-17-47-61(12)53(81-58(70)82-61)39(7)63(15)33-35(3)31-59(10,71)52(80-57-51(77-41(9)65)46(62(13)14)29-36(4)75-57)37(5)50(38(6)56(69)78-47)79-48-32-60(11,72-16)54(40(8)76-48)74-28-21-19-20-26-73-27-22-23-42-24-25-45-43(30-42)49(66)44(55(67)68)34-64(45)18-2/h22-25,30,34-40,46-48,50-54,57,71H,17-21,26-29,31-33H2,1-16H3,(H,67,68)/b23-22+/t35-,36-,37+,38-,39-,40+,46+,47-,48+,50+,51-,52-,53-,54+,57+,59-,60-,61-/m1/s1. The highest BCUT2D eigenvalue weighted by Crippen LogP contribution is 2.43. The molecule has 6 rings (SSSR count). The molecule has 21 heteroatoms. The summed E-state index contributed by atoms with van der Waals surface area (Å²) in [5, 5.41) is 22.9. The maximum atomic E-state index is 14.9. The number of pyridine rings is 1. The molecule has 2 N–H and O–H groups in total. The number of benzene rings is 1. The molecule has 4 aliphatic heterocycles. The Kier molecular flexibility index (Phi) is 23.2. The van der Waals surface area contributed by atoms with E-state index in [1.807, 2.05) is 111 Å². The summed E-state index contributed by atoms with van der Waals surface area (Å²) < 4.78 is 71.9. The molecule has 0 aliphatic carbocycles. The van der Waals surface area contributed by atoms with Crippen LogP contribution in [0.4, 0.5) is 4.79 Å². The molecule has 21 nitrogen and oxygen atoms in total. The van der Waals surface area contributed by atoms with E-state index in [2.05, 4.69) is 0 Å². The van der Waals surface area contributed by atoms with Crippen LogP contribution in [0.1, 0.15) is 144 Å². The summed E-state index contributed by atoms with van der Waals surface area (Å²) in [6, 6.07) is 4.73. The summed E-state index contributed by atoms with van der Waals surface area (Å²) in [7, 11) is 7.34. The topological polar surface area (TPSA) is 239 Å². The summed E-state index contributed by atoms with van der Waals surface area (Å²) >= 11 is 0. The molecular formula is C61H95N3O18. The maximum Gasteiger partial charge on any atom is 0.509 e. The van der Waals surface area contributed by atoms with Crippen LogP contribution in [0.25, 0.3) is 17.0 Å². The Morgan fingerprint density at radius 3 is 2.27 bits per heavy atom. The average Bonchev–Trinajstić information content (AvgIpc) is 3.81. The third-order valence-electron chi connectivity index (χ3n) is 17.3. The van der Waals surface area contributed by atoms with Crippen molar-refractivity contribution in [2.45, 2.75) is 225 Å². The van der Waals surface area contributed by atoms with Crippen LogP contribution in [0, 0.1) is 17.8 Å². The quantitative estimate of drug-likeness (QED) is 0.0736. The summed E-state index contributed by atoms with van der Waals surface area (Å²) in [4.78, 5) is 69.3. The minimum atomic E-state index is -1.63. The lowest BCUT2D eigenvalue weighted by molar-refractivity contribution is -0.321. The number of hydrogen-bond donors (Lipinski definition) is 2. The van der Waals surface area contributed by atoms with E-state index < -0.39 is 119 Å². The number of fused-ring (bicyclic) bond motifs is 2. The van der Waals surface area contributed by atoms with E-state index in [4.69, 9.17) is 52.1 Å². The van der Waals surface area contributed by atoms with Crippen LogP contribution >= 0.6 is 0 Å². The van der Waals surface area contributed by atoms with E-state index >= 15 is 0 Å². The van der Waals surface area contributed by atoms with Gasteiger partial charge in [-0.25, -0.2) is 9.59 Å². The number of hydrogen-bond acceptors (Lipinski definition) is 19. The van der Waals surface area contributed by atoms with Gasteiger partial charge in [-0.05, 0) is 139 Å². The second-order valence-electron chi connectivity index (χ2n) is 24.3. The highest BCUT2D eigenvalue weighted by molar-refractivity contribution is 5.93. The van der Waals surface area contributed by atoms with Crippen molar-refractivity contribution in [3.05, 3.63) is 51.8 Å². The first-order chi connectivity index (χ1) is 38.6. The minimum absolute atomic E-state index is 0.173. The number of rotatable bonds is 20. The fourth-order valence-electron chi connectivity index (χ4n) is 12.9. The fourth-order valence-corrected chi connectivity index (χ4v) is 12.9. The Balaban J connectivity index is 1.18. The Morgan fingerprint density at radius 2 is 1.62 bits per heavy atom. The zero-order valence-electron chi connectivity index (χ0n) is 51.4. The first-order valence-corrected chi connectivity index (χ1v) is 29.4. The molecule has 0 spiro atoms. The van der Waals surface area contributed by atoms with Gasteiger partial charge < -0.3 is 71.8 Å². The van der Waals surface area contributed by atoms with Crippen LogP contribution in [0.15, 0.2) is 35.3 Å². The van der Waals surface area contributed by atoms with Gasteiger partial charge in [0.25, 0.3) is 0 Å². The van der Waals surface area contributed by atoms with Crippen molar-refractivity contribution in [3.8, 4) is 0 Å². The highest BCUT2D eigenvalue weighted by atomic mass is 16.8. The van der Waals surface area contributed by atoms with Crippen molar-refractivity contribution in [2.75, 3.05) is 54.6 Å². The first-order valence-electron chi connectivity index (χ1n) is 29.4. The number of methoxy groups -OCH3 is 1. The van der Waals surface area contributed by atoms with Crippen molar-refractivity contribution < 1.29 is 81.5 Å². The van der Waals surface area contributed by atoms with Crippen LogP contribution in [-0.4, -0.2) is 194 Å². The van der Waals surface area contributed by atoms with E-state index in [-0.39, 0.29) is 36.5 Å². The van der Waals surface area contributed by atoms with Crippen molar-refractivity contribution in [2.24, 2.45) is 17.8 Å². The zero-order chi connectivity index (χ0) is 60.6. The lowest BCUT2D eigenvalue weighted by Gasteiger charge is -2.49. The zero-order valence-corrected chi connectivity index (χ0v) is 51.4. The van der Waals surface area contributed by atoms with Gasteiger partial charge in [0.15, 0.2) is 30.4 Å². The molecule has 4 fully saturated rings. The Hall–Kier alpha value is -4.55. The van der Waals surface area contributed by atoms with Gasteiger partial charge in [0.2, 0.25) is 5.43 Å². The number of carboxylic acid groups (broad SMARTS) is 1. The number of ether oxygens (including phenoxy) is 11. The number of aromatic nitrogens is 1. The molecule has 0 bridgehead atoms. The molecule has 462 valence electrons. The summed E-state index contributed by atoms with van der Waals surface area (Å²) in [5.41, 5.74) is -3.24. The van der Waals surface area contributed by atoms with Gasteiger partial charge in [-0.1, -0.05) is 39.0 Å². The lowest BCUT2D eigenvalue weighted by Crippen LogP contribution is -2.61. The maximum absolute atomic E-state index is 14.9. The SMILES string of the molecule is CC[C@H]1OC(=O)[C@H](C)[C@@H](O[C@H]2C[C@@](C)(OC)[C@@H](OCCCCCOC/C=C/c3ccc4c(c3)c(=O)c(C(=O)O)cn4CC)[C@H](C)O2)[C@H](C)[C@@H](O[C@@H]2O[C@H](C)C[C@H](N(C)C)[C@H]2OC(C)=O)[C@](C)(O)C[C@@H](C)CN(C)[C@H](C)[C@H]2OC(=O)O[C@@]21C. The first kappa shape index (κ1) is 66.6. The van der Waals surface area contributed by atoms with Crippen LogP contribution in [-0.2, 0) is 68.2 Å². The lowest BCUT2D eigenvalue weighted by atomic mass is 9.77. The Morgan fingerprint density at radius 1 is 0.915 bits per heavy atom. The van der Waals surface area contributed by atoms with Gasteiger partial charge in [0.1, 0.15) is 17.8 Å². The number of likely N-dealkylation sites (N-methyl/N-ethyl adjacent to an activating group) is 2. The predicted molar refractivity (Wildman–Crippen MR) is 305 cm³/mol. The third kappa shape index (κ3) is 15.7. The number of aryl methyl sites for hydroxylation is 1. The number of esters is 2. The van der Waals surface area contributed by atoms with Gasteiger partial charge in [0, 0.05) is 70.3 Å². The van der Waals surface area contributed by atoms with Gasteiger partial charge in [-0.3, -0.25) is 19.3 Å². The van der Waals surface area contributed by atoms with Crippen molar-refractivity contribution >= 4 is 41.0 Å². The number of nitrogens with zero attached hydrogens (tertiary/aromatic N) is 3. The van der Waals surface area contributed by atoms with Gasteiger partial charge in [0.05, 0.1) is 59.7 Å². The van der Waals surface area contributed by atoms with E-state index in [1.54, 1.807) is 38.5 Å². The number of carbonyl (C=O) groups is 4. The molecule has 0 radical (unpaired) electrons. The van der Waals surface area contributed by atoms with Gasteiger partial charge in [-0.2, -0.15) is 0 Å². The number of unbranched alkanes of at least 4 members (excludes halogenated alkanes) is 2. The largest absolute Gasteiger partial charge is 0.509 e. The number of aliphatic hydroxyl groups is 1. The molecule has 0 saturated carbocycles. The highest BCUT2D eigenvalue weighted by Gasteiger charge is 2.58. The smallest absolute Gasteiger partial charge is 0.477 e. The molecular weight excluding hydrogens is 1060 g/mol. The van der Waals surface area contributed by atoms with Crippen LogP contribution < -0.4 is 5.43 Å². The van der Waals surface area contributed by atoms with Crippen molar-refractivity contribution in [1.82, 2.24) is 14.4 Å². The molecule has 1 aromatic heterocycles. The monoisotopic (exact) mass is 1160 g/mol. The molecule has 4 aliphatic rings. The van der Waals surface area contributed by atoms with E-state index in [9.17, 15) is 34.2 Å². The van der Waals surface area contributed by atoms with Crippen molar-refractivity contribution in [3.63, 3.8) is 0 Å². The fraction of sp³-hybridized carbons (Fsp3) is 0.754. The summed E-state index contributed by atoms with van der Waals surface area (Å²) in [5.74, 6) is -4.43. The van der Waals surface area contributed by atoms with Crippen LogP contribution in [0.2, 0.25) is 0 Å². The van der Waals surface area contributed by atoms with Gasteiger partial charge >= 0.3 is 24.1 Å². The number of aromatic carboxylic acids is 1. The van der Waals surface area contributed by atoms with E-state index in [0.29, 0.717) is 56.7 Å². The number of carbonyl (C=O) groups excluding carboxylic acids is 3. The van der Waals surface area contributed by atoms with Crippen LogP contribution in [0.3, 0.4) is 0 Å². The number of cyclic esters (lactones) is 1. The molecule has 4 saturated heterocycles. The molecule has 1 aromatic carbocycles. The summed E-state index contributed by atoms with van der Waals surface area (Å²) in [6.45, 7) is 24.1. The predicted octanol–water partition coefficient (Wildman–Crippen LogP) is 7.61. The van der Waals surface area contributed by atoms with E-state index in [0.717, 1.165) is 24.8 Å². The Labute approximate surface area is 484 Å². The Bertz CT molecular complexity index is 2570. The number of carboxylic acids is 1. The summed E-state index contributed by atoms with van der Waals surface area (Å²) in [6.07, 6.45) is -0.396. The molecule has 5 heterocycles. The average molecular weight is 1160 g/mol. The minimum Gasteiger partial charge on any atom is -0.477 e. The molecule has 0 unspecified atom stereocenters.